The number of benzene rings is 1. The number of fused-ring (bicyclic) bond motifs is 1. The molecule has 3 rings (SSSR count). The third-order valence-corrected chi connectivity index (χ3v) is 5.30. The number of quaternary nitrogens is 1. The van der Waals surface area contributed by atoms with Gasteiger partial charge in [-0.3, -0.25) is 9.69 Å². The van der Waals surface area contributed by atoms with E-state index in [0.717, 1.165) is 28.3 Å². The molecule has 0 radical (unpaired) electrons. The number of furan rings is 1. The van der Waals surface area contributed by atoms with Crippen LogP contribution in [0.15, 0.2) is 34.9 Å². The molecular weight excluding hydrogens is 334 g/mol. The van der Waals surface area contributed by atoms with Gasteiger partial charge in [0.2, 0.25) is 0 Å². The highest BCUT2D eigenvalue weighted by molar-refractivity contribution is 7.22. The average molecular weight is 358 g/mol. The van der Waals surface area contributed by atoms with Crippen molar-refractivity contribution < 1.29 is 14.1 Å². The summed E-state index contributed by atoms with van der Waals surface area (Å²) in [6.07, 6.45) is 2.43. The van der Waals surface area contributed by atoms with Gasteiger partial charge >= 0.3 is 0 Å². The van der Waals surface area contributed by atoms with Gasteiger partial charge < -0.3 is 9.32 Å². The SMILES string of the molecule is Cc1cc2nc(N(CCC[NH+](C)C)C(=O)c3ccco3)sc2cc1C. The molecule has 0 atom stereocenters. The van der Waals surface area contributed by atoms with Gasteiger partial charge in [-0.2, -0.15) is 0 Å². The van der Waals surface area contributed by atoms with Gasteiger partial charge in [0.05, 0.1) is 37.1 Å². The van der Waals surface area contributed by atoms with Gasteiger partial charge in [0.1, 0.15) is 0 Å². The molecule has 6 heteroatoms. The van der Waals surface area contributed by atoms with E-state index in [9.17, 15) is 4.79 Å². The van der Waals surface area contributed by atoms with E-state index >= 15 is 0 Å². The summed E-state index contributed by atoms with van der Waals surface area (Å²) in [4.78, 5) is 20.7. The number of aromatic nitrogens is 1. The fraction of sp³-hybridized carbons (Fsp3) is 0.368. The molecule has 0 fully saturated rings. The molecule has 0 bridgehead atoms. The van der Waals surface area contributed by atoms with Gasteiger partial charge in [-0.15, -0.1) is 0 Å². The number of nitrogens with one attached hydrogen (secondary N) is 1. The monoisotopic (exact) mass is 358 g/mol. The highest BCUT2D eigenvalue weighted by Crippen LogP contribution is 2.31. The van der Waals surface area contributed by atoms with Crippen molar-refractivity contribution in [3.05, 3.63) is 47.4 Å². The van der Waals surface area contributed by atoms with E-state index in [2.05, 4.69) is 40.1 Å². The van der Waals surface area contributed by atoms with E-state index in [1.54, 1.807) is 28.4 Å². The summed E-state index contributed by atoms with van der Waals surface area (Å²) in [7, 11) is 4.23. The van der Waals surface area contributed by atoms with Crippen molar-refractivity contribution in [2.45, 2.75) is 20.3 Å². The molecule has 0 saturated heterocycles. The smallest absolute Gasteiger partial charge is 0.295 e. The van der Waals surface area contributed by atoms with E-state index in [1.807, 2.05) is 0 Å². The lowest BCUT2D eigenvalue weighted by atomic mass is 10.1. The summed E-state index contributed by atoms with van der Waals surface area (Å²) >= 11 is 1.56. The first-order chi connectivity index (χ1) is 12.0. The predicted molar refractivity (Wildman–Crippen MR) is 102 cm³/mol. The van der Waals surface area contributed by atoms with Crippen molar-refractivity contribution in [2.75, 3.05) is 32.1 Å². The molecule has 1 N–H and O–H groups in total. The summed E-state index contributed by atoms with van der Waals surface area (Å²) < 4.78 is 6.42. The van der Waals surface area contributed by atoms with Crippen LogP contribution in [-0.2, 0) is 0 Å². The Hall–Kier alpha value is -2.18. The Bertz CT molecular complexity index is 829. The fourth-order valence-corrected chi connectivity index (χ4v) is 3.76. The molecule has 5 nitrogen and oxygen atoms in total. The fourth-order valence-electron chi connectivity index (χ4n) is 2.69. The largest absolute Gasteiger partial charge is 0.459 e. The molecule has 3 aromatic rings. The van der Waals surface area contributed by atoms with E-state index in [-0.39, 0.29) is 5.91 Å². The molecule has 2 heterocycles. The number of thiazole rings is 1. The van der Waals surface area contributed by atoms with E-state index < -0.39 is 0 Å². The van der Waals surface area contributed by atoms with Crippen molar-refractivity contribution >= 4 is 32.6 Å². The lowest BCUT2D eigenvalue weighted by molar-refractivity contribution is -0.858. The molecule has 0 saturated carbocycles. The summed E-state index contributed by atoms with van der Waals surface area (Å²) in [5.41, 5.74) is 3.39. The van der Waals surface area contributed by atoms with Gasteiger partial charge in [-0.05, 0) is 49.2 Å². The van der Waals surface area contributed by atoms with Gasteiger partial charge in [-0.1, -0.05) is 11.3 Å². The van der Waals surface area contributed by atoms with Crippen molar-refractivity contribution in [1.29, 1.82) is 0 Å². The van der Waals surface area contributed by atoms with Gasteiger partial charge in [-0.25, -0.2) is 4.98 Å². The standard InChI is InChI=1S/C19H23N3O2S/c1-13-11-15-17(12-14(13)2)25-19(20-15)22(9-6-8-21(3)4)18(23)16-7-5-10-24-16/h5,7,10-12H,6,8-9H2,1-4H3/p+1. The first-order valence-corrected chi connectivity index (χ1v) is 9.29. The van der Waals surface area contributed by atoms with Crippen LogP contribution in [0.5, 0.6) is 0 Å². The zero-order chi connectivity index (χ0) is 18.0. The van der Waals surface area contributed by atoms with E-state index in [1.165, 1.54) is 22.3 Å². The van der Waals surface area contributed by atoms with Crippen LogP contribution in [-0.4, -0.2) is 38.1 Å². The number of carbonyl (C=O) groups is 1. The Morgan fingerprint density at radius 2 is 2.04 bits per heavy atom. The molecule has 0 unspecified atom stereocenters. The minimum absolute atomic E-state index is 0.133. The van der Waals surface area contributed by atoms with Crippen LogP contribution in [0.4, 0.5) is 5.13 Å². The van der Waals surface area contributed by atoms with Crippen molar-refractivity contribution in [3.63, 3.8) is 0 Å². The number of amides is 1. The minimum Gasteiger partial charge on any atom is -0.459 e. The summed E-state index contributed by atoms with van der Waals surface area (Å²) in [6, 6.07) is 7.67. The third kappa shape index (κ3) is 3.91. The van der Waals surface area contributed by atoms with Gasteiger partial charge in [0, 0.05) is 13.0 Å². The normalized spacial score (nSPS) is 11.4. The van der Waals surface area contributed by atoms with Crippen LogP contribution in [0, 0.1) is 13.8 Å². The Morgan fingerprint density at radius 1 is 1.28 bits per heavy atom. The van der Waals surface area contributed by atoms with Crippen LogP contribution in [0.1, 0.15) is 28.1 Å². The number of hydrogen-bond acceptors (Lipinski definition) is 4. The van der Waals surface area contributed by atoms with E-state index in [0.29, 0.717) is 12.3 Å². The molecule has 0 aliphatic carbocycles. The summed E-state index contributed by atoms with van der Waals surface area (Å²) in [5.74, 6) is 0.218. The maximum absolute atomic E-state index is 12.9. The van der Waals surface area contributed by atoms with Crippen LogP contribution in [0.25, 0.3) is 10.2 Å². The molecule has 0 spiro atoms. The third-order valence-electron chi connectivity index (χ3n) is 4.26. The Labute approximate surface area is 151 Å². The lowest BCUT2D eigenvalue weighted by Gasteiger charge is -2.19. The van der Waals surface area contributed by atoms with Gasteiger partial charge in [0.25, 0.3) is 5.91 Å². The van der Waals surface area contributed by atoms with Crippen LogP contribution in [0.3, 0.4) is 0 Å². The molecule has 1 aromatic carbocycles. The van der Waals surface area contributed by atoms with E-state index in [4.69, 9.17) is 9.40 Å². The molecule has 2 aromatic heterocycles. The topological polar surface area (TPSA) is 50.8 Å². The summed E-state index contributed by atoms with van der Waals surface area (Å²) in [5, 5.41) is 0.732. The second kappa shape index (κ2) is 7.37. The zero-order valence-corrected chi connectivity index (χ0v) is 15.9. The number of carbonyl (C=O) groups excluding carboxylic acids is 1. The van der Waals surface area contributed by atoms with Crippen molar-refractivity contribution in [2.24, 2.45) is 0 Å². The molecule has 132 valence electrons. The Balaban J connectivity index is 1.94. The number of aryl methyl sites for hydroxylation is 2. The number of rotatable bonds is 6. The average Bonchev–Trinajstić information content (AvgIpc) is 3.21. The van der Waals surface area contributed by atoms with Crippen LogP contribution < -0.4 is 9.80 Å². The molecular formula is C19H24N3O2S+. The van der Waals surface area contributed by atoms with Crippen molar-refractivity contribution in [3.8, 4) is 0 Å². The molecule has 1 amide bonds. The highest BCUT2D eigenvalue weighted by Gasteiger charge is 2.23. The Morgan fingerprint density at radius 3 is 2.72 bits per heavy atom. The second-order valence-corrected chi connectivity index (χ2v) is 7.65. The second-order valence-electron chi connectivity index (χ2n) is 6.65. The first-order valence-electron chi connectivity index (χ1n) is 8.48. The minimum atomic E-state index is -0.133. The van der Waals surface area contributed by atoms with Gasteiger partial charge in [0.15, 0.2) is 10.9 Å². The maximum Gasteiger partial charge on any atom is 0.295 e. The molecule has 25 heavy (non-hydrogen) atoms. The number of anilines is 1. The maximum atomic E-state index is 12.9. The van der Waals surface area contributed by atoms with Crippen LogP contribution in [0.2, 0.25) is 0 Å². The zero-order valence-electron chi connectivity index (χ0n) is 15.1. The predicted octanol–water partition coefficient (Wildman–Crippen LogP) is 2.69. The lowest BCUT2D eigenvalue weighted by Crippen LogP contribution is -3.05. The first kappa shape index (κ1) is 17.6. The highest BCUT2D eigenvalue weighted by atomic mass is 32.1. The Kier molecular flexibility index (Phi) is 5.20. The van der Waals surface area contributed by atoms with Crippen molar-refractivity contribution in [1.82, 2.24) is 4.98 Å². The summed E-state index contributed by atoms with van der Waals surface area (Å²) in [6.45, 7) is 5.80. The molecule has 0 aliphatic rings. The number of hydrogen-bond donors (Lipinski definition) is 1. The molecule has 0 aliphatic heterocycles. The number of nitrogens with zero attached hydrogens (tertiary/aromatic N) is 2. The van der Waals surface area contributed by atoms with Crippen LogP contribution >= 0.6 is 11.3 Å². The quantitative estimate of drug-likeness (QED) is 0.737.